The van der Waals surface area contributed by atoms with Crippen molar-refractivity contribution in [2.45, 2.75) is 52.5 Å². The van der Waals surface area contributed by atoms with E-state index in [0.717, 1.165) is 5.56 Å². The maximum Gasteiger partial charge on any atom is 0.248 e. The minimum atomic E-state index is -0.859. The molecule has 0 radical (unpaired) electrons. The summed E-state index contributed by atoms with van der Waals surface area (Å²) in [6, 6.07) is 5.65. The molecule has 11 nitrogen and oxygen atoms in total. The lowest BCUT2D eigenvalue weighted by molar-refractivity contribution is -0.138. The summed E-state index contributed by atoms with van der Waals surface area (Å²) in [5.41, 5.74) is 2.17. The van der Waals surface area contributed by atoms with Crippen LogP contribution in [0.4, 0.5) is 10.2 Å². The number of aryl methyl sites for hydroxylation is 2. The number of carbonyl (C=O) groups excluding carboxylic acids is 3. The number of anilines is 1. The molecule has 1 saturated heterocycles. The number of pyridine rings is 1. The van der Waals surface area contributed by atoms with Crippen molar-refractivity contribution >= 4 is 50.2 Å². The molecule has 13 heteroatoms. The molecule has 0 unspecified atom stereocenters. The molecule has 6 rings (SSSR count). The predicted molar refractivity (Wildman–Crippen MR) is 173 cm³/mol. The number of benzene rings is 1. The van der Waals surface area contributed by atoms with Crippen LogP contribution in [0.15, 0.2) is 41.3 Å². The molecule has 4 heterocycles. The average molecular weight is 688 g/mol. The fraction of sp³-hybridized carbons (Fsp3) is 0.364. The van der Waals surface area contributed by atoms with Gasteiger partial charge in [-0.25, -0.2) is 19.3 Å². The summed E-state index contributed by atoms with van der Waals surface area (Å²) in [6.45, 7) is 4.36. The van der Waals surface area contributed by atoms with Gasteiger partial charge in [0.15, 0.2) is 5.78 Å². The number of hydrogen-bond donors (Lipinski definition) is 1. The van der Waals surface area contributed by atoms with Crippen LogP contribution in [-0.4, -0.2) is 84.9 Å². The fourth-order valence-corrected chi connectivity index (χ4v) is 6.69. The first-order valence-electron chi connectivity index (χ1n) is 14.7. The Morgan fingerprint density at radius 3 is 2.52 bits per heavy atom. The monoisotopic (exact) mass is 686 g/mol. The van der Waals surface area contributed by atoms with Crippen LogP contribution >= 0.6 is 15.9 Å². The highest BCUT2D eigenvalue weighted by molar-refractivity contribution is 9.10. The Morgan fingerprint density at radius 1 is 1.15 bits per heavy atom. The molecular weight excluding hydrogens is 655 g/mol. The summed E-state index contributed by atoms with van der Waals surface area (Å²) in [6.07, 6.45) is 3.61. The van der Waals surface area contributed by atoms with Crippen LogP contribution in [0.5, 0.6) is 0 Å². The Kier molecular flexibility index (Phi) is 8.20. The molecule has 46 heavy (non-hydrogen) atoms. The molecule has 1 aliphatic carbocycles. The van der Waals surface area contributed by atoms with E-state index in [1.54, 1.807) is 37.5 Å². The van der Waals surface area contributed by atoms with E-state index in [1.807, 2.05) is 32.0 Å². The molecule has 2 amide bonds. The van der Waals surface area contributed by atoms with E-state index < -0.39 is 30.1 Å². The van der Waals surface area contributed by atoms with Gasteiger partial charge in [0.05, 0.1) is 10.9 Å². The molecule has 3 atom stereocenters. The largest absolute Gasteiger partial charge is 0.314 e. The van der Waals surface area contributed by atoms with Gasteiger partial charge in [-0.3, -0.25) is 19.1 Å². The van der Waals surface area contributed by atoms with Gasteiger partial charge in [-0.2, -0.15) is 5.10 Å². The Bertz CT molecular complexity index is 1970. The first-order chi connectivity index (χ1) is 21.9. The van der Waals surface area contributed by atoms with Crippen molar-refractivity contribution in [3.63, 3.8) is 0 Å². The second-order valence-electron chi connectivity index (χ2n) is 12.1. The highest BCUT2D eigenvalue weighted by atomic mass is 79.9. The van der Waals surface area contributed by atoms with Crippen LogP contribution in [0, 0.1) is 31.1 Å². The second-order valence-corrected chi connectivity index (χ2v) is 12.9. The molecule has 4 aromatic rings. The maximum atomic E-state index is 14.6. The van der Waals surface area contributed by atoms with Crippen LogP contribution in [-0.2, 0) is 22.8 Å². The number of carbonyl (C=O) groups is 3. The lowest BCUT2D eigenvalue weighted by Gasteiger charge is -2.38. The molecule has 1 aliphatic heterocycles. The lowest BCUT2D eigenvalue weighted by Crippen LogP contribution is -2.53. The van der Waals surface area contributed by atoms with Crippen LogP contribution < -0.4 is 5.32 Å². The van der Waals surface area contributed by atoms with Gasteiger partial charge in [-0.05, 0) is 79.6 Å². The number of ketones is 1. The first kappa shape index (κ1) is 31.4. The quantitative estimate of drug-likeness (QED) is 0.158. The SMILES string of the molecule is CC(=O)c1nn(CC(=O)N2[C@H](C(=O)Nc3nc(Br)ccc3C)C[C@@]3(CN(C)C)C#C[C@@H]23)c2c(CF)cc(-c3cnc(C)nc3)cc12. The van der Waals surface area contributed by atoms with Crippen molar-refractivity contribution < 1.29 is 18.8 Å². The third-order valence-corrected chi connectivity index (χ3v) is 8.89. The minimum absolute atomic E-state index is 0.115. The smallest absolute Gasteiger partial charge is 0.248 e. The normalized spacial score (nSPS) is 19.9. The van der Waals surface area contributed by atoms with Crippen molar-refractivity contribution in [3.8, 4) is 23.0 Å². The van der Waals surface area contributed by atoms with Gasteiger partial charge in [-0.15, -0.1) is 0 Å². The summed E-state index contributed by atoms with van der Waals surface area (Å²) in [5, 5.41) is 7.83. The van der Waals surface area contributed by atoms with E-state index in [0.29, 0.717) is 51.2 Å². The number of nitrogens with zero attached hydrogens (tertiary/aromatic N) is 7. The lowest BCUT2D eigenvalue weighted by atomic mass is 9.73. The summed E-state index contributed by atoms with van der Waals surface area (Å²) >= 11 is 3.35. The number of amides is 2. The minimum Gasteiger partial charge on any atom is -0.314 e. The number of alkyl halides is 1. The van der Waals surface area contributed by atoms with Crippen molar-refractivity contribution in [1.29, 1.82) is 0 Å². The number of hydrogen-bond acceptors (Lipinski definition) is 8. The van der Waals surface area contributed by atoms with E-state index in [-0.39, 0.29) is 29.5 Å². The van der Waals surface area contributed by atoms with Gasteiger partial charge < -0.3 is 15.1 Å². The molecule has 3 aromatic heterocycles. The van der Waals surface area contributed by atoms with E-state index in [1.165, 1.54) is 16.5 Å². The Balaban J connectivity index is 1.38. The number of Topliss-reactive ketones (excluding diaryl/α,β-unsaturated/α-hetero) is 1. The number of halogens is 2. The highest BCUT2D eigenvalue weighted by Gasteiger charge is 2.58. The van der Waals surface area contributed by atoms with Gasteiger partial charge in [-0.1, -0.05) is 17.9 Å². The number of nitrogens with one attached hydrogen (secondary N) is 1. The van der Waals surface area contributed by atoms with E-state index in [2.05, 4.69) is 53.1 Å². The van der Waals surface area contributed by atoms with Gasteiger partial charge in [0, 0.05) is 42.4 Å². The van der Waals surface area contributed by atoms with E-state index in [9.17, 15) is 18.8 Å². The van der Waals surface area contributed by atoms with Gasteiger partial charge in [0.1, 0.15) is 47.2 Å². The van der Waals surface area contributed by atoms with Crippen molar-refractivity contribution in [2.24, 2.45) is 5.41 Å². The third-order valence-electron chi connectivity index (χ3n) is 8.45. The maximum absolute atomic E-state index is 14.6. The zero-order valence-electron chi connectivity index (χ0n) is 26.1. The first-order valence-corrected chi connectivity index (χ1v) is 15.5. The second kappa shape index (κ2) is 12.0. The van der Waals surface area contributed by atoms with Crippen LogP contribution in [0.25, 0.3) is 22.0 Å². The van der Waals surface area contributed by atoms with E-state index in [4.69, 9.17) is 0 Å². The molecule has 236 valence electrons. The Hall–Kier alpha value is -4.54. The summed E-state index contributed by atoms with van der Waals surface area (Å²) < 4.78 is 16.6. The predicted octanol–water partition coefficient (Wildman–Crippen LogP) is 4.11. The fourth-order valence-electron chi connectivity index (χ4n) is 6.38. The number of fused-ring (bicyclic) bond motifs is 2. The Labute approximate surface area is 273 Å². The highest BCUT2D eigenvalue weighted by Crippen LogP contribution is 2.46. The van der Waals surface area contributed by atoms with Crippen molar-refractivity contribution in [1.82, 2.24) is 34.5 Å². The van der Waals surface area contributed by atoms with Crippen molar-refractivity contribution in [2.75, 3.05) is 26.0 Å². The van der Waals surface area contributed by atoms with Crippen LogP contribution in [0.1, 0.15) is 40.8 Å². The van der Waals surface area contributed by atoms with Crippen LogP contribution in [0.3, 0.4) is 0 Å². The topological polar surface area (TPSA) is 126 Å². The van der Waals surface area contributed by atoms with Crippen LogP contribution in [0.2, 0.25) is 0 Å². The molecule has 0 saturated carbocycles. The average Bonchev–Trinajstić information content (AvgIpc) is 3.47. The molecule has 0 bridgehead atoms. The third kappa shape index (κ3) is 5.56. The molecule has 1 fully saturated rings. The number of rotatable bonds is 9. The Morgan fingerprint density at radius 2 is 1.89 bits per heavy atom. The molecule has 0 spiro atoms. The zero-order valence-corrected chi connectivity index (χ0v) is 27.6. The summed E-state index contributed by atoms with van der Waals surface area (Å²) in [7, 11) is 3.85. The molecule has 2 aliphatic rings. The number of likely N-dealkylation sites (tertiary alicyclic amines) is 1. The molecular formula is C33H32BrFN8O3. The number of aromatic nitrogens is 5. The molecule has 1 N–H and O–H groups in total. The van der Waals surface area contributed by atoms with Gasteiger partial charge in [0.25, 0.3) is 0 Å². The van der Waals surface area contributed by atoms with E-state index >= 15 is 0 Å². The zero-order chi connectivity index (χ0) is 32.9. The van der Waals surface area contributed by atoms with Gasteiger partial charge >= 0.3 is 0 Å². The summed E-state index contributed by atoms with van der Waals surface area (Å²) in [5.74, 6) is 6.22. The molecule has 1 aromatic carbocycles. The van der Waals surface area contributed by atoms with Gasteiger partial charge in [0.2, 0.25) is 11.8 Å². The standard InChI is InChI=1S/C33H32BrFN8O3/c1-18-6-7-27(34)38-31(18)39-32(46)25-12-33(17-41(4)5)9-8-26(33)43(25)28(45)16-42-30-22(13-35)10-21(23-14-36-20(3)37-15-23)11-24(30)29(40-42)19(2)44/h6-7,10-11,14-15,25-26H,12-13,16-17H2,1-5H3,(H,38,39,46)/t25-,26+,33+/m0/s1. The summed E-state index contributed by atoms with van der Waals surface area (Å²) in [4.78, 5) is 57.2. The van der Waals surface area contributed by atoms with Crippen molar-refractivity contribution in [3.05, 3.63) is 63.9 Å².